The fraction of sp³-hybridized carbons (Fsp3) is 0.250. The maximum atomic E-state index is 13.5. The lowest BCUT2D eigenvalue weighted by Gasteiger charge is -2.27. The molecular weight excluding hydrogens is 497 g/mol. The zero-order valence-electron chi connectivity index (χ0n) is 18.9. The number of nitriles is 1. The minimum Gasteiger partial charge on any atom is -0.490 e. The Kier molecular flexibility index (Phi) is 7.21. The first-order valence-electron chi connectivity index (χ1n) is 10.8. The Morgan fingerprint density at radius 3 is 2.67 bits per heavy atom. The second-order valence-corrected chi connectivity index (χ2v) is 8.65. The predicted octanol–water partition coefficient (Wildman–Crippen LogP) is 4.17. The molecule has 1 fully saturated rings. The van der Waals surface area contributed by atoms with Gasteiger partial charge in [0.1, 0.15) is 5.75 Å². The third-order valence-electron chi connectivity index (χ3n) is 5.12. The van der Waals surface area contributed by atoms with Gasteiger partial charge < -0.3 is 19.7 Å². The lowest BCUT2D eigenvalue weighted by Crippen LogP contribution is -2.49. The molecule has 0 radical (unpaired) electrons. The van der Waals surface area contributed by atoms with Gasteiger partial charge in [-0.1, -0.05) is 6.07 Å². The van der Waals surface area contributed by atoms with E-state index < -0.39 is 23.4 Å². The maximum Gasteiger partial charge on any atom is 0.420 e. The summed E-state index contributed by atoms with van der Waals surface area (Å²) < 4.78 is 51.7. The van der Waals surface area contributed by atoms with Gasteiger partial charge in [-0.05, 0) is 60.7 Å². The van der Waals surface area contributed by atoms with Gasteiger partial charge in [0.2, 0.25) is 5.91 Å². The fourth-order valence-corrected chi connectivity index (χ4v) is 4.42. The summed E-state index contributed by atoms with van der Waals surface area (Å²) in [5, 5.41) is 12.1. The van der Waals surface area contributed by atoms with Gasteiger partial charge in [0, 0.05) is 13.1 Å². The van der Waals surface area contributed by atoms with E-state index in [1.165, 1.54) is 12.1 Å². The van der Waals surface area contributed by atoms with Crippen molar-refractivity contribution in [2.75, 3.05) is 26.2 Å². The number of amides is 2. The number of rotatable bonds is 5. The SMILES string of the molecule is CCOc1cc(/C=C2/SC(N3CCNC(=O)C3)=NC2=O)ccc1Oc1ccc(C#N)cc1C(F)(F)F. The van der Waals surface area contributed by atoms with Gasteiger partial charge in [0.15, 0.2) is 16.7 Å². The number of nitrogens with zero attached hydrogens (tertiary/aromatic N) is 3. The Hall–Kier alpha value is -3.98. The number of thioether (sulfide) groups is 1. The van der Waals surface area contributed by atoms with E-state index in [1.807, 2.05) is 0 Å². The standard InChI is InChI=1S/C24H19F3N4O4S/c1-2-34-19-10-14(11-20-22(33)30-23(36-20)31-8-7-29-21(32)13-31)3-6-18(19)35-17-5-4-15(12-28)9-16(17)24(25,26)27/h3-6,9-11H,2,7-8,13H2,1H3,(H,29,32)/b20-11+. The highest BCUT2D eigenvalue weighted by Gasteiger charge is 2.35. The lowest BCUT2D eigenvalue weighted by atomic mass is 10.1. The van der Waals surface area contributed by atoms with E-state index in [-0.39, 0.29) is 36.1 Å². The largest absolute Gasteiger partial charge is 0.490 e. The normalized spacial score (nSPS) is 17.0. The van der Waals surface area contributed by atoms with E-state index in [0.717, 1.165) is 23.9 Å². The number of carbonyl (C=O) groups excluding carboxylic acids is 2. The van der Waals surface area contributed by atoms with E-state index >= 15 is 0 Å². The van der Waals surface area contributed by atoms with Crippen molar-refractivity contribution in [3.05, 3.63) is 58.0 Å². The van der Waals surface area contributed by atoms with Gasteiger partial charge in [0.25, 0.3) is 5.91 Å². The Bertz CT molecular complexity index is 1320. The number of amidine groups is 1. The summed E-state index contributed by atoms with van der Waals surface area (Å²) in [7, 11) is 0. The fourth-order valence-electron chi connectivity index (χ4n) is 3.48. The average Bonchev–Trinajstić information content (AvgIpc) is 3.20. The van der Waals surface area contributed by atoms with E-state index in [9.17, 15) is 22.8 Å². The van der Waals surface area contributed by atoms with Crippen LogP contribution in [0.25, 0.3) is 6.08 Å². The first-order valence-corrected chi connectivity index (χ1v) is 11.6. The summed E-state index contributed by atoms with van der Waals surface area (Å²) in [6.07, 6.45) is -3.15. The van der Waals surface area contributed by atoms with Gasteiger partial charge in [0.05, 0.1) is 35.3 Å². The number of nitrogens with one attached hydrogen (secondary N) is 1. The molecule has 8 nitrogen and oxygen atoms in total. The molecule has 12 heteroatoms. The van der Waals surface area contributed by atoms with Crippen LogP contribution >= 0.6 is 11.8 Å². The molecule has 0 spiro atoms. The summed E-state index contributed by atoms with van der Waals surface area (Å²) in [6, 6.07) is 9.28. The van der Waals surface area contributed by atoms with Crippen LogP contribution in [0.4, 0.5) is 13.2 Å². The average molecular weight is 517 g/mol. The summed E-state index contributed by atoms with van der Waals surface area (Å²) in [5.74, 6) is -0.864. The molecule has 2 aromatic rings. The Morgan fingerprint density at radius 2 is 1.97 bits per heavy atom. The van der Waals surface area contributed by atoms with Crippen molar-refractivity contribution in [1.82, 2.24) is 10.2 Å². The number of hydrogen-bond acceptors (Lipinski definition) is 7. The zero-order valence-corrected chi connectivity index (χ0v) is 19.7. The number of benzene rings is 2. The van der Waals surface area contributed by atoms with Crippen LogP contribution in [0.1, 0.15) is 23.6 Å². The molecule has 0 aliphatic carbocycles. The van der Waals surface area contributed by atoms with Crippen LogP contribution in [-0.4, -0.2) is 48.1 Å². The zero-order chi connectivity index (χ0) is 25.9. The molecule has 0 unspecified atom stereocenters. The van der Waals surface area contributed by atoms with Crippen molar-refractivity contribution in [2.45, 2.75) is 13.1 Å². The first kappa shape index (κ1) is 25.1. The van der Waals surface area contributed by atoms with Gasteiger partial charge in [-0.15, -0.1) is 0 Å². The Morgan fingerprint density at radius 1 is 1.19 bits per heavy atom. The van der Waals surface area contributed by atoms with E-state index in [4.69, 9.17) is 14.7 Å². The number of halogens is 3. The van der Waals surface area contributed by atoms with Crippen LogP contribution in [0, 0.1) is 11.3 Å². The quantitative estimate of drug-likeness (QED) is 0.595. The molecule has 186 valence electrons. The molecule has 2 aromatic carbocycles. The highest BCUT2D eigenvalue weighted by Crippen LogP contribution is 2.41. The van der Waals surface area contributed by atoms with Crippen LogP contribution in [0.15, 0.2) is 46.3 Å². The molecule has 2 aliphatic rings. The molecule has 36 heavy (non-hydrogen) atoms. The van der Waals surface area contributed by atoms with Crippen LogP contribution in [-0.2, 0) is 15.8 Å². The molecule has 0 bridgehead atoms. The molecular formula is C24H19F3N4O4S. The van der Waals surface area contributed by atoms with Gasteiger partial charge >= 0.3 is 6.18 Å². The number of piperazine rings is 1. The molecule has 2 heterocycles. The van der Waals surface area contributed by atoms with Crippen molar-refractivity contribution in [3.63, 3.8) is 0 Å². The van der Waals surface area contributed by atoms with E-state index in [2.05, 4.69) is 10.3 Å². The van der Waals surface area contributed by atoms with Crippen LogP contribution < -0.4 is 14.8 Å². The summed E-state index contributed by atoms with van der Waals surface area (Å²) in [5.41, 5.74) is -0.684. The Balaban J connectivity index is 1.59. The highest BCUT2D eigenvalue weighted by molar-refractivity contribution is 8.18. The summed E-state index contributed by atoms with van der Waals surface area (Å²) >= 11 is 1.14. The lowest BCUT2D eigenvalue weighted by molar-refractivity contribution is -0.138. The second kappa shape index (κ2) is 10.3. The summed E-state index contributed by atoms with van der Waals surface area (Å²) in [4.78, 5) is 30.2. The number of ether oxygens (including phenoxy) is 2. The first-order chi connectivity index (χ1) is 17.2. The second-order valence-electron chi connectivity index (χ2n) is 7.64. The van der Waals surface area contributed by atoms with E-state index in [0.29, 0.717) is 28.7 Å². The maximum absolute atomic E-state index is 13.5. The van der Waals surface area contributed by atoms with Gasteiger partial charge in [-0.2, -0.15) is 23.4 Å². The third-order valence-corrected chi connectivity index (χ3v) is 6.16. The molecule has 4 rings (SSSR count). The molecule has 2 amide bonds. The minimum absolute atomic E-state index is 0.0378. The van der Waals surface area contributed by atoms with Crippen LogP contribution in [0.5, 0.6) is 17.2 Å². The van der Waals surface area contributed by atoms with Crippen LogP contribution in [0.3, 0.4) is 0 Å². The number of carbonyl (C=O) groups is 2. The minimum atomic E-state index is -4.73. The van der Waals surface area contributed by atoms with Crippen molar-refractivity contribution >= 4 is 34.8 Å². The molecule has 0 saturated carbocycles. The molecule has 2 aliphatic heterocycles. The monoisotopic (exact) mass is 516 g/mol. The smallest absolute Gasteiger partial charge is 0.420 e. The molecule has 1 N–H and O–H groups in total. The highest BCUT2D eigenvalue weighted by atomic mass is 32.2. The molecule has 1 saturated heterocycles. The van der Waals surface area contributed by atoms with Crippen molar-refractivity contribution in [1.29, 1.82) is 5.26 Å². The van der Waals surface area contributed by atoms with E-state index in [1.54, 1.807) is 36.1 Å². The topological polar surface area (TPSA) is 104 Å². The number of alkyl halides is 3. The summed E-state index contributed by atoms with van der Waals surface area (Å²) in [6.45, 7) is 3.03. The number of aliphatic imine (C=N–C) groups is 1. The Labute approximate surface area is 208 Å². The van der Waals surface area contributed by atoms with Crippen molar-refractivity contribution in [3.8, 4) is 23.3 Å². The van der Waals surface area contributed by atoms with Crippen molar-refractivity contribution in [2.24, 2.45) is 4.99 Å². The van der Waals surface area contributed by atoms with Gasteiger partial charge in [-0.25, -0.2) is 0 Å². The molecule has 0 aromatic heterocycles. The predicted molar refractivity (Wildman–Crippen MR) is 126 cm³/mol. The third kappa shape index (κ3) is 5.63. The van der Waals surface area contributed by atoms with Crippen LogP contribution in [0.2, 0.25) is 0 Å². The molecule has 0 atom stereocenters. The number of hydrogen-bond donors (Lipinski definition) is 1. The van der Waals surface area contributed by atoms with Gasteiger partial charge in [-0.3, -0.25) is 9.59 Å². The van der Waals surface area contributed by atoms with Crippen molar-refractivity contribution < 1.29 is 32.2 Å².